The first-order valence-corrected chi connectivity index (χ1v) is 3.72. The highest BCUT2D eigenvalue weighted by Gasteiger charge is 2.07. The van der Waals surface area contributed by atoms with Crippen molar-refractivity contribution in [2.75, 3.05) is 6.61 Å². The summed E-state index contributed by atoms with van der Waals surface area (Å²) < 4.78 is 6.44. The van der Waals surface area contributed by atoms with Gasteiger partial charge in [-0.1, -0.05) is 0 Å². The number of hydrogen-bond acceptors (Lipinski definition) is 4. The number of rotatable bonds is 3. The first-order chi connectivity index (χ1) is 5.74. The Kier molecular flexibility index (Phi) is 2.79. The molecule has 1 heterocycles. The van der Waals surface area contributed by atoms with Gasteiger partial charge < -0.3 is 9.30 Å². The minimum atomic E-state index is -0.270. The van der Waals surface area contributed by atoms with Crippen LogP contribution >= 0.6 is 0 Å². The molecular formula is C7H11N3O2. The summed E-state index contributed by atoms with van der Waals surface area (Å²) >= 11 is 0. The van der Waals surface area contributed by atoms with Gasteiger partial charge in [0.2, 0.25) is 0 Å². The van der Waals surface area contributed by atoms with E-state index < -0.39 is 0 Å². The minimum absolute atomic E-state index is 0.185. The van der Waals surface area contributed by atoms with E-state index in [2.05, 4.69) is 10.2 Å². The molecule has 66 valence electrons. The molecule has 12 heavy (non-hydrogen) atoms. The fourth-order valence-electron chi connectivity index (χ4n) is 0.808. The van der Waals surface area contributed by atoms with Crippen LogP contribution in [0.5, 0.6) is 0 Å². The maximum Gasteiger partial charge on any atom is 0.313 e. The average Bonchev–Trinajstić information content (AvgIpc) is 2.37. The predicted molar refractivity (Wildman–Crippen MR) is 41.3 cm³/mol. The smallest absolute Gasteiger partial charge is 0.313 e. The largest absolute Gasteiger partial charge is 0.466 e. The molecule has 0 aliphatic carbocycles. The molecule has 0 saturated carbocycles. The third kappa shape index (κ3) is 2.05. The highest BCUT2D eigenvalue weighted by atomic mass is 16.5. The van der Waals surface area contributed by atoms with E-state index in [0.29, 0.717) is 12.4 Å². The molecule has 1 aromatic rings. The molecule has 0 aromatic carbocycles. The van der Waals surface area contributed by atoms with Crippen LogP contribution in [0.15, 0.2) is 6.33 Å². The topological polar surface area (TPSA) is 57.0 Å². The van der Waals surface area contributed by atoms with E-state index in [1.165, 1.54) is 0 Å². The lowest BCUT2D eigenvalue weighted by atomic mass is 10.4. The van der Waals surface area contributed by atoms with Crippen molar-refractivity contribution in [2.45, 2.75) is 13.3 Å². The van der Waals surface area contributed by atoms with Gasteiger partial charge in [-0.15, -0.1) is 10.2 Å². The summed E-state index contributed by atoms with van der Waals surface area (Å²) in [6.45, 7) is 2.17. The van der Waals surface area contributed by atoms with E-state index >= 15 is 0 Å². The van der Waals surface area contributed by atoms with Crippen LogP contribution in [0.2, 0.25) is 0 Å². The SMILES string of the molecule is CCOC(=O)Cc1nncn1C. The predicted octanol–water partition coefficient (Wildman–Crippen LogP) is -0.0793. The van der Waals surface area contributed by atoms with Crippen molar-refractivity contribution in [3.63, 3.8) is 0 Å². The molecule has 0 N–H and O–H groups in total. The fourth-order valence-corrected chi connectivity index (χ4v) is 0.808. The van der Waals surface area contributed by atoms with Crippen molar-refractivity contribution < 1.29 is 9.53 Å². The second-order valence-electron chi connectivity index (χ2n) is 2.34. The average molecular weight is 169 g/mol. The maximum atomic E-state index is 11.0. The van der Waals surface area contributed by atoms with Gasteiger partial charge in [-0.3, -0.25) is 4.79 Å². The molecule has 0 spiro atoms. The summed E-state index contributed by atoms with van der Waals surface area (Å²) in [5.41, 5.74) is 0. The van der Waals surface area contributed by atoms with E-state index in [-0.39, 0.29) is 12.4 Å². The monoisotopic (exact) mass is 169 g/mol. The Balaban J connectivity index is 2.52. The molecule has 0 aliphatic heterocycles. The molecule has 0 radical (unpaired) electrons. The van der Waals surface area contributed by atoms with E-state index in [0.717, 1.165) is 0 Å². The van der Waals surface area contributed by atoms with Gasteiger partial charge in [0, 0.05) is 7.05 Å². The summed E-state index contributed by atoms with van der Waals surface area (Å²) in [7, 11) is 1.79. The molecule has 0 bridgehead atoms. The highest BCUT2D eigenvalue weighted by Crippen LogP contribution is 1.94. The third-order valence-electron chi connectivity index (χ3n) is 1.41. The minimum Gasteiger partial charge on any atom is -0.466 e. The number of ether oxygens (including phenoxy) is 1. The normalized spacial score (nSPS) is 9.83. The maximum absolute atomic E-state index is 11.0. The van der Waals surface area contributed by atoms with Crippen LogP contribution in [0.1, 0.15) is 12.7 Å². The van der Waals surface area contributed by atoms with E-state index in [9.17, 15) is 4.79 Å². The van der Waals surface area contributed by atoms with Crippen molar-refractivity contribution >= 4 is 5.97 Å². The van der Waals surface area contributed by atoms with Gasteiger partial charge in [0.25, 0.3) is 0 Å². The highest BCUT2D eigenvalue weighted by molar-refractivity contribution is 5.71. The second kappa shape index (κ2) is 3.85. The molecule has 0 atom stereocenters. The number of hydrogen-bond donors (Lipinski definition) is 0. The molecule has 0 saturated heterocycles. The Morgan fingerprint density at radius 2 is 2.50 bits per heavy atom. The Morgan fingerprint density at radius 1 is 1.75 bits per heavy atom. The van der Waals surface area contributed by atoms with Gasteiger partial charge in [0.05, 0.1) is 6.61 Å². The van der Waals surface area contributed by atoms with Crippen LogP contribution < -0.4 is 0 Å². The first-order valence-electron chi connectivity index (χ1n) is 3.72. The lowest BCUT2D eigenvalue weighted by Gasteiger charge is -1.99. The quantitative estimate of drug-likeness (QED) is 0.594. The van der Waals surface area contributed by atoms with Gasteiger partial charge in [-0.2, -0.15) is 0 Å². The standard InChI is InChI=1S/C7H11N3O2/c1-3-12-7(11)4-6-9-8-5-10(6)2/h5H,3-4H2,1-2H3. The lowest BCUT2D eigenvalue weighted by Crippen LogP contribution is -2.11. The van der Waals surface area contributed by atoms with Crippen LogP contribution in [0, 0.1) is 0 Å². The molecule has 5 nitrogen and oxygen atoms in total. The Hall–Kier alpha value is -1.39. The van der Waals surface area contributed by atoms with Gasteiger partial charge in [0.1, 0.15) is 18.6 Å². The molecule has 0 unspecified atom stereocenters. The molecule has 1 aromatic heterocycles. The van der Waals surface area contributed by atoms with Gasteiger partial charge >= 0.3 is 5.97 Å². The lowest BCUT2D eigenvalue weighted by molar-refractivity contribution is -0.142. The van der Waals surface area contributed by atoms with E-state index in [4.69, 9.17) is 4.74 Å². The summed E-state index contributed by atoms with van der Waals surface area (Å²) in [4.78, 5) is 11.0. The summed E-state index contributed by atoms with van der Waals surface area (Å²) in [5, 5.41) is 7.39. The molecular weight excluding hydrogens is 158 g/mol. The van der Waals surface area contributed by atoms with Gasteiger partial charge in [-0.05, 0) is 6.92 Å². The molecule has 1 rings (SSSR count). The zero-order valence-corrected chi connectivity index (χ0v) is 7.15. The summed E-state index contributed by atoms with van der Waals surface area (Å²) in [6.07, 6.45) is 1.74. The first kappa shape index (κ1) is 8.70. The van der Waals surface area contributed by atoms with Crippen LogP contribution in [0.4, 0.5) is 0 Å². The van der Waals surface area contributed by atoms with E-state index in [1.807, 2.05) is 0 Å². The molecule has 0 amide bonds. The number of nitrogens with zero attached hydrogens (tertiary/aromatic N) is 3. The van der Waals surface area contributed by atoms with Crippen molar-refractivity contribution in [1.29, 1.82) is 0 Å². The van der Waals surface area contributed by atoms with Crippen molar-refractivity contribution in [3.8, 4) is 0 Å². The van der Waals surface area contributed by atoms with Crippen molar-refractivity contribution in [2.24, 2.45) is 7.05 Å². The molecule has 5 heteroatoms. The molecule has 0 aliphatic rings. The third-order valence-corrected chi connectivity index (χ3v) is 1.41. The Labute approximate surface area is 70.4 Å². The fraction of sp³-hybridized carbons (Fsp3) is 0.571. The molecule has 0 fully saturated rings. The zero-order valence-electron chi connectivity index (χ0n) is 7.15. The van der Waals surface area contributed by atoms with Crippen LogP contribution in [0.25, 0.3) is 0 Å². The van der Waals surface area contributed by atoms with Crippen LogP contribution in [0.3, 0.4) is 0 Å². The van der Waals surface area contributed by atoms with E-state index in [1.54, 1.807) is 24.9 Å². The van der Waals surface area contributed by atoms with Crippen LogP contribution in [-0.2, 0) is 23.0 Å². The number of carbonyl (C=O) groups excluding carboxylic acids is 1. The summed E-state index contributed by atoms with van der Waals surface area (Å²) in [6, 6.07) is 0. The Morgan fingerprint density at radius 3 is 3.00 bits per heavy atom. The number of esters is 1. The number of aromatic nitrogens is 3. The van der Waals surface area contributed by atoms with Crippen molar-refractivity contribution in [1.82, 2.24) is 14.8 Å². The Bertz CT molecular complexity index is 269. The summed E-state index contributed by atoms with van der Waals surface area (Å²) in [5.74, 6) is 0.349. The zero-order chi connectivity index (χ0) is 8.97. The van der Waals surface area contributed by atoms with Crippen molar-refractivity contribution in [3.05, 3.63) is 12.2 Å². The second-order valence-corrected chi connectivity index (χ2v) is 2.34. The van der Waals surface area contributed by atoms with Crippen LogP contribution in [-0.4, -0.2) is 27.3 Å². The van der Waals surface area contributed by atoms with Gasteiger partial charge in [0.15, 0.2) is 0 Å². The number of aryl methyl sites for hydroxylation is 1. The number of carbonyl (C=O) groups is 1. The van der Waals surface area contributed by atoms with Gasteiger partial charge in [-0.25, -0.2) is 0 Å².